The molecule has 0 amide bonds. The van der Waals surface area contributed by atoms with Gasteiger partial charge in [0.15, 0.2) is 0 Å². The Morgan fingerprint density at radius 1 is 1.21 bits per heavy atom. The van der Waals surface area contributed by atoms with Crippen LogP contribution in [0.1, 0.15) is 27.0 Å². The smallest absolute Gasteiger partial charge is 0.337 e. The maximum absolute atomic E-state index is 11.4. The molecule has 3 rings (SSSR count). The van der Waals surface area contributed by atoms with Gasteiger partial charge in [0.25, 0.3) is 0 Å². The van der Waals surface area contributed by atoms with E-state index in [0.717, 1.165) is 11.3 Å². The second kappa shape index (κ2) is 4.14. The molecule has 1 aliphatic rings. The van der Waals surface area contributed by atoms with Gasteiger partial charge in [0.05, 0.1) is 11.1 Å². The molecule has 0 spiro atoms. The Morgan fingerprint density at radius 2 is 2.00 bits per heavy atom. The number of carboxylic acids is 1. The minimum absolute atomic E-state index is 0.0366. The summed E-state index contributed by atoms with van der Waals surface area (Å²) in [7, 11) is 0. The second-order valence-corrected chi connectivity index (χ2v) is 4.27. The van der Waals surface area contributed by atoms with Crippen LogP contribution in [0.15, 0.2) is 36.4 Å². The highest BCUT2D eigenvalue weighted by molar-refractivity contribution is 5.93. The number of ether oxygens (including phenoxy) is 1. The molecule has 19 heavy (non-hydrogen) atoms. The summed E-state index contributed by atoms with van der Waals surface area (Å²) in [5.74, 6) is 0.141. The molecule has 1 aliphatic heterocycles. The van der Waals surface area contributed by atoms with E-state index in [9.17, 15) is 9.90 Å². The standard InChI is InChI=1S/C15H9NO3/c16-8-10-5-6-13-11(14(10)15(17)18)7-9-3-1-2-4-12(9)19-13/h1-6H,7H2,(H,17,18). The molecule has 0 atom stereocenters. The quantitative estimate of drug-likeness (QED) is 0.721. The molecule has 0 radical (unpaired) electrons. The average molecular weight is 251 g/mol. The third-order valence-electron chi connectivity index (χ3n) is 3.16. The van der Waals surface area contributed by atoms with Gasteiger partial charge in [0.2, 0.25) is 0 Å². The zero-order valence-corrected chi connectivity index (χ0v) is 9.88. The van der Waals surface area contributed by atoms with Crippen molar-refractivity contribution in [2.75, 3.05) is 0 Å². The largest absolute Gasteiger partial charge is 0.478 e. The lowest BCUT2D eigenvalue weighted by molar-refractivity contribution is 0.0695. The molecule has 0 bridgehead atoms. The van der Waals surface area contributed by atoms with Crippen LogP contribution in [0.2, 0.25) is 0 Å². The Morgan fingerprint density at radius 3 is 2.74 bits per heavy atom. The van der Waals surface area contributed by atoms with Crippen LogP contribution < -0.4 is 4.74 Å². The van der Waals surface area contributed by atoms with Gasteiger partial charge in [0.1, 0.15) is 17.6 Å². The Kier molecular flexibility index (Phi) is 2.46. The lowest BCUT2D eigenvalue weighted by atomic mass is 9.93. The summed E-state index contributed by atoms with van der Waals surface area (Å²) in [6, 6.07) is 12.5. The predicted molar refractivity (Wildman–Crippen MR) is 67.4 cm³/mol. The lowest BCUT2D eigenvalue weighted by Gasteiger charge is -2.21. The molecule has 4 nitrogen and oxygen atoms in total. The molecule has 0 aromatic heterocycles. The first-order valence-electron chi connectivity index (χ1n) is 5.75. The first-order chi connectivity index (χ1) is 9.20. The summed E-state index contributed by atoms with van der Waals surface area (Å²) >= 11 is 0. The zero-order valence-electron chi connectivity index (χ0n) is 9.88. The number of nitriles is 1. The third kappa shape index (κ3) is 1.72. The van der Waals surface area contributed by atoms with E-state index in [0.29, 0.717) is 17.7 Å². The molecule has 0 saturated carbocycles. The first kappa shape index (κ1) is 11.3. The van der Waals surface area contributed by atoms with E-state index in [4.69, 9.17) is 10.00 Å². The average Bonchev–Trinajstić information content (AvgIpc) is 2.43. The van der Waals surface area contributed by atoms with Crippen molar-refractivity contribution in [3.8, 4) is 17.6 Å². The predicted octanol–water partition coefficient (Wildman–Crippen LogP) is 2.95. The van der Waals surface area contributed by atoms with Gasteiger partial charge in [-0.2, -0.15) is 5.26 Å². The van der Waals surface area contributed by atoms with E-state index in [1.807, 2.05) is 30.3 Å². The summed E-state index contributed by atoms with van der Waals surface area (Å²) in [5.41, 5.74) is 1.68. The van der Waals surface area contributed by atoms with Gasteiger partial charge >= 0.3 is 5.97 Å². The van der Waals surface area contributed by atoms with Crippen LogP contribution in [0, 0.1) is 11.3 Å². The van der Waals surface area contributed by atoms with Gasteiger partial charge in [-0.15, -0.1) is 0 Å². The number of fused-ring (bicyclic) bond motifs is 2. The molecule has 0 unspecified atom stereocenters. The fraction of sp³-hybridized carbons (Fsp3) is 0.0667. The number of aromatic carboxylic acids is 1. The summed E-state index contributed by atoms with van der Waals surface area (Å²) in [6.07, 6.45) is 0.461. The zero-order chi connectivity index (χ0) is 13.4. The topological polar surface area (TPSA) is 70.3 Å². The Hall–Kier alpha value is -2.80. The first-order valence-corrected chi connectivity index (χ1v) is 5.75. The van der Waals surface area contributed by atoms with Crippen LogP contribution in [0.25, 0.3) is 0 Å². The van der Waals surface area contributed by atoms with Gasteiger partial charge in [-0.1, -0.05) is 18.2 Å². The minimum atomic E-state index is -1.10. The molecule has 0 saturated heterocycles. The SMILES string of the molecule is N#Cc1ccc2c(c1C(=O)O)Cc1ccccc1O2. The van der Waals surface area contributed by atoms with Gasteiger partial charge in [-0.3, -0.25) is 0 Å². The molecule has 92 valence electrons. The Bertz CT molecular complexity index is 729. The van der Waals surface area contributed by atoms with Crippen LogP contribution in [-0.2, 0) is 6.42 Å². The summed E-state index contributed by atoms with van der Waals surface area (Å²) in [4.78, 5) is 11.4. The number of hydrogen-bond acceptors (Lipinski definition) is 3. The van der Waals surface area contributed by atoms with Crippen LogP contribution >= 0.6 is 0 Å². The maximum Gasteiger partial charge on any atom is 0.337 e. The molecule has 1 N–H and O–H groups in total. The van der Waals surface area contributed by atoms with E-state index in [-0.39, 0.29) is 11.1 Å². The Balaban J connectivity index is 2.21. The number of carboxylic acid groups (broad SMARTS) is 1. The third-order valence-corrected chi connectivity index (χ3v) is 3.16. The van der Waals surface area contributed by atoms with E-state index >= 15 is 0 Å². The Labute approximate surface area is 109 Å². The van der Waals surface area contributed by atoms with Gasteiger partial charge < -0.3 is 9.84 Å². The van der Waals surface area contributed by atoms with Crippen LogP contribution in [0.5, 0.6) is 11.5 Å². The van der Waals surface area contributed by atoms with E-state index < -0.39 is 5.97 Å². The fourth-order valence-electron chi connectivity index (χ4n) is 2.30. The highest BCUT2D eigenvalue weighted by Gasteiger charge is 2.24. The number of nitrogens with zero attached hydrogens (tertiary/aromatic N) is 1. The number of benzene rings is 2. The van der Waals surface area contributed by atoms with Crippen molar-refractivity contribution in [1.82, 2.24) is 0 Å². The normalized spacial score (nSPS) is 11.7. The van der Waals surface area contributed by atoms with E-state index in [2.05, 4.69) is 0 Å². The van der Waals surface area contributed by atoms with Crippen molar-refractivity contribution in [3.63, 3.8) is 0 Å². The van der Waals surface area contributed by atoms with Crippen molar-refractivity contribution in [3.05, 3.63) is 58.7 Å². The number of para-hydroxylation sites is 1. The van der Waals surface area contributed by atoms with E-state index in [1.54, 1.807) is 6.07 Å². The number of rotatable bonds is 1. The summed E-state index contributed by atoms with van der Waals surface area (Å²) < 4.78 is 5.69. The number of hydrogen-bond donors (Lipinski definition) is 1. The molecule has 0 fully saturated rings. The van der Waals surface area contributed by atoms with Gasteiger partial charge in [-0.05, 0) is 23.8 Å². The maximum atomic E-state index is 11.4. The van der Waals surface area contributed by atoms with E-state index in [1.165, 1.54) is 6.07 Å². The second-order valence-electron chi connectivity index (χ2n) is 4.27. The van der Waals surface area contributed by atoms with Crippen molar-refractivity contribution in [2.45, 2.75) is 6.42 Å². The number of carbonyl (C=O) groups is 1. The molecule has 2 aromatic carbocycles. The van der Waals surface area contributed by atoms with Crippen molar-refractivity contribution < 1.29 is 14.6 Å². The molecule has 0 aliphatic carbocycles. The van der Waals surface area contributed by atoms with Crippen molar-refractivity contribution >= 4 is 5.97 Å². The molecule has 1 heterocycles. The highest BCUT2D eigenvalue weighted by Crippen LogP contribution is 2.38. The summed E-state index contributed by atoms with van der Waals surface area (Å²) in [6.45, 7) is 0. The van der Waals surface area contributed by atoms with Crippen molar-refractivity contribution in [1.29, 1.82) is 5.26 Å². The lowest BCUT2D eigenvalue weighted by Crippen LogP contribution is -2.11. The minimum Gasteiger partial charge on any atom is -0.478 e. The molecular weight excluding hydrogens is 242 g/mol. The van der Waals surface area contributed by atoms with Crippen molar-refractivity contribution in [2.24, 2.45) is 0 Å². The van der Waals surface area contributed by atoms with Crippen LogP contribution in [0.4, 0.5) is 0 Å². The van der Waals surface area contributed by atoms with Crippen LogP contribution in [-0.4, -0.2) is 11.1 Å². The monoisotopic (exact) mass is 251 g/mol. The highest BCUT2D eigenvalue weighted by atomic mass is 16.5. The molecular formula is C15H9NO3. The molecule has 2 aromatic rings. The van der Waals surface area contributed by atoms with Gasteiger partial charge in [0, 0.05) is 12.0 Å². The van der Waals surface area contributed by atoms with Crippen LogP contribution in [0.3, 0.4) is 0 Å². The van der Waals surface area contributed by atoms with Gasteiger partial charge in [-0.25, -0.2) is 4.79 Å². The summed E-state index contributed by atoms with van der Waals surface area (Å²) in [5, 5.41) is 18.3. The molecule has 4 heteroatoms. The fourth-order valence-corrected chi connectivity index (χ4v) is 2.30.